The lowest BCUT2D eigenvalue weighted by molar-refractivity contribution is 0.666. The van der Waals surface area contributed by atoms with Gasteiger partial charge >= 0.3 is 0 Å². The lowest BCUT2D eigenvalue weighted by Gasteiger charge is -1.95. The van der Waals surface area contributed by atoms with Crippen LogP contribution in [0.1, 0.15) is 25.3 Å². The highest BCUT2D eigenvalue weighted by Crippen LogP contribution is 2.32. The Labute approximate surface area is 91.9 Å². The fourth-order valence-corrected chi connectivity index (χ4v) is 1.80. The second-order valence-electron chi connectivity index (χ2n) is 4.06. The number of benzene rings is 1. The minimum atomic E-state index is 0.736. The maximum absolute atomic E-state index is 3.45. The van der Waals surface area contributed by atoms with Crippen LogP contribution in [-0.2, 0) is 0 Å². The molecule has 0 heterocycles. The van der Waals surface area contributed by atoms with Gasteiger partial charge in [0.15, 0.2) is 0 Å². The van der Waals surface area contributed by atoms with E-state index in [-0.39, 0.29) is 0 Å². The van der Waals surface area contributed by atoms with Gasteiger partial charge in [0, 0.05) is 11.6 Å². The van der Waals surface area contributed by atoms with Crippen LogP contribution in [0, 0.1) is 17.8 Å². The van der Waals surface area contributed by atoms with E-state index < -0.39 is 0 Å². The molecule has 2 atom stereocenters. The van der Waals surface area contributed by atoms with Crippen LogP contribution in [-0.4, -0.2) is 12.6 Å². The van der Waals surface area contributed by atoms with Gasteiger partial charge in [0.25, 0.3) is 0 Å². The molecule has 15 heavy (non-hydrogen) atoms. The van der Waals surface area contributed by atoms with E-state index in [1.54, 1.807) is 0 Å². The number of hydrogen-bond acceptors (Lipinski definition) is 1. The first kappa shape index (κ1) is 10.3. The molecule has 0 spiro atoms. The normalized spacial score (nSPS) is 23.0. The molecule has 1 heteroatoms. The fourth-order valence-electron chi connectivity index (χ4n) is 1.80. The van der Waals surface area contributed by atoms with Gasteiger partial charge in [-0.05, 0) is 24.5 Å². The van der Waals surface area contributed by atoms with E-state index in [0.29, 0.717) is 0 Å². The third-order valence-corrected chi connectivity index (χ3v) is 2.91. The lowest BCUT2D eigenvalue weighted by atomic mass is 10.2. The van der Waals surface area contributed by atoms with Crippen molar-refractivity contribution in [2.45, 2.75) is 25.8 Å². The van der Waals surface area contributed by atoms with Gasteiger partial charge in [-0.25, -0.2) is 0 Å². The molecule has 0 aromatic heterocycles. The van der Waals surface area contributed by atoms with Crippen LogP contribution in [0.15, 0.2) is 30.3 Å². The summed E-state index contributed by atoms with van der Waals surface area (Å²) >= 11 is 0. The fraction of sp³-hybridized carbons (Fsp3) is 0.429. The van der Waals surface area contributed by atoms with E-state index >= 15 is 0 Å². The average Bonchev–Trinajstić information content (AvgIpc) is 3.05. The van der Waals surface area contributed by atoms with Crippen LogP contribution in [0.25, 0.3) is 0 Å². The van der Waals surface area contributed by atoms with Crippen LogP contribution in [0.4, 0.5) is 0 Å². The van der Waals surface area contributed by atoms with Gasteiger partial charge in [0.2, 0.25) is 0 Å². The van der Waals surface area contributed by atoms with E-state index in [2.05, 4.69) is 24.1 Å². The first-order valence-electron chi connectivity index (χ1n) is 5.67. The Hall–Kier alpha value is -1.26. The molecule has 0 radical (unpaired) electrons. The lowest BCUT2D eigenvalue weighted by Crippen LogP contribution is -2.18. The predicted molar refractivity (Wildman–Crippen MR) is 63.5 cm³/mol. The summed E-state index contributed by atoms with van der Waals surface area (Å²) in [6, 6.07) is 10.9. The predicted octanol–water partition coefficient (Wildman–Crippen LogP) is 2.43. The molecule has 1 aromatic carbocycles. The Balaban J connectivity index is 1.72. The number of hydrogen-bond donors (Lipinski definition) is 1. The first-order valence-corrected chi connectivity index (χ1v) is 5.67. The molecule has 1 saturated carbocycles. The summed E-state index contributed by atoms with van der Waals surface area (Å²) in [6.07, 6.45) is 2.63. The topological polar surface area (TPSA) is 12.0 Å². The third-order valence-electron chi connectivity index (χ3n) is 2.91. The van der Waals surface area contributed by atoms with Gasteiger partial charge in [-0.1, -0.05) is 43.4 Å². The molecule has 1 aromatic rings. The van der Waals surface area contributed by atoms with Crippen molar-refractivity contribution in [1.82, 2.24) is 5.32 Å². The molecular weight excluding hydrogens is 182 g/mol. The molecule has 0 aliphatic heterocycles. The Morgan fingerprint density at radius 1 is 1.33 bits per heavy atom. The standard InChI is InChI=1S/C14H17N/c1-2-13-11-14(13)15-10-6-9-12-7-4-3-5-8-12/h3-5,7-8,13-15H,2,10-11H2,1H3. The van der Waals surface area contributed by atoms with E-state index in [1.807, 2.05) is 30.3 Å². The summed E-state index contributed by atoms with van der Waals surface area (Å²) in [7, 11) is 0. The highest BCUT2D eigenvalue weighted by molar-refractivity contribution is 5.33. The molecule has 1 nitrogen and oxygen atoms in total. The largest absolute Gasteiger partial charge is 0.303 e. The van der Waals surface area contributed by atoms with Crippen molar-refractivity contribution in [2.75, 3.05) is 6.54 Å². The van der Waals surface area contributed by atoms with Crippen molar-refractivity contribution in [3.05, 3.63) is 35.9 Å². The van der Waals surface area contributed by atoms with Crippen LogP contribution >= 0.6 is 0 Å². The van der Waals surface area contributed by atoms with Crippen molar-refractivity contribution in [3.8, 4) is 11.8 Å². The van der Waals surface area contributed by atoms with Crippen LogP contribution in [0.5, 0.6) is 0 Å². The van der Waals surface area contributed by atoms with Crippen LogP contribution in [0.2, 0.25) is 0 Å². The smallest absolute Gasteiger partial charge is 0.0582 e. The van der Waals surface area contributed by atoms with Gasteiger partial charge in [-0.2, -0.15) is 0 Å². The highest BCUT2D eigenvalue weighted by Gasteiger charge is 2.34. The maximum Gasteiger partial charge on any atom is 0.0582 e. The minimum absolute atomic E-state index is 0.736. The molecule has 0 amide bonds. The molecule has 2 unspecified atom stereocenters. The van der Waals surface area contributed by atoms with Gasteiger partial charge in [-0.15, -0.1) is 0 Å². The molecule has 1 fully saturated rings. The first-order chi connectivity index (χ1) is 7.40. The molecule has 2 rings (SSSR count). The van der Waals surface area contributed by atoms with Gasteiger partial charge in [-0.3, -0.25) is 0 Å². The SMILES string of the molecule is CCC1CC1NCC#Cc1ccccc1. The van der Waals surface area contributed by atoms with Gasteiger partial charge < -0.3 is 5.32 Å². The Morgan fingerprint density at radius 3 is 2.80 bits per heavy atom. The molecule has 1 aliphatic rings. The van der Waals surface area contributed by atoms with Crippen molar-refractivity contribution in [2.24, 2.45) is 5.92 Å². The van der Waals surface area contributed by atoms with Crippen molar-refractivity contribution < 1.29 is 0 Å². The van der Waals surface area contributed by atoms with Gasteiger partial charge in [0.05, 0.1) is 6.54 Å². The van der Waals surface area contributed by atoms with E-state index in [1.165, 1.54) is 12.8 Å². The van der Waals surface area contributed by atoms with Crippen LogP contribution in [0.3, 0.4) is 0 Å². The quantitative estimate of drug-likeness (QED) is 0.737. The van der Waals surface area contributed by atoms with E-state index in [0.717, 1.165) is 24.1 Å². The Bertz CT molecular complexity index is 358. The summed E-state index contributed by atoms with van der Waals surface area (Å²) in [5, 5.41) is 3.45. The summed E-state index contributed by atoms with van der Waals surface area (Å²) in [5.74, 6) is 7.21. The highest BCUT2D eigenvalue weighted by atomic mass is 15.0. The zero-order valence-corrected chi connectivity index (χ0v) is 9.16. The molecule has 78 valence electrons. The molecule has 1 aliphatic carbocycles. The zero-order valence-electron chi connectivity index (χ0n) is 9.16. The third kappa shape index (κ3) is 3.11. The van der Waals surface area contributed by atoms with E-state index in [4.69, 9.17) is 0 Å². The molecule has 0 saturated heterocycles. The Kier molecular flexibility index (Phi) is 3.42. The summed E-state index contributed by atoms with van der Waals surface area (Å²) in [6.45, 7) is 3.07. The monoisotopic (exact) mass is 199 g/mol. The summed E-state index contributed by atoms with van der Waals surface area (Å²) < 4.78 is 0. The number of nitrogens with one attached hydrogen (secondary N) is 1. The second kappa shape index (κ2) is 5.00. The van der Waals surface area contributed by atoms with Crippen molar-refractivity contribution in [1.29, 1.82) is 0 Å². The molecular formula is C14H17N. The van der Waals surface area contributed by atoms with E-state index in [9.17, 15) is 0 Å². The molecule has 0 bridgehead atoms. The van der Waals surface area contributed by atoms with Gasteiger partial charge in [0.1, 0.15) is 0 Å². The summed E-state index contributed by atoms with van der Waals surface area (Å²) in [5.41, 5.74) is 1.10. The minimum Gasteiger partial charge on any atom is -0.303 e. The zero-order chi connectivity index (χ0) is 10.5. The maximum atomic E-state index is 3.45. The van der Waals surface area contributed by atoms with Crippen molar-refractivity contribution in [3.63, 3.8) is 0 Å². The Morgan fingerprint density at radius 2 is 2.13 bits per heavy atom. The summed E-state index contributed by atoms with van der Waals surface area (Å²) in [4.78, 5) is 0. The number of rotatable bonds is 3. The van der Waals surface area contributed by atoms with Crippen LogP contribution < -0.4 is 5.32 Å². The van der Waals surface area contributed by atoms with Crippen molar-refractivity contribution >= 4 is 0 Å². The second-order valence-corrected chi connectivity index (χ2v) is 4.06. The average molecular weight is 199 g/mol. The molecule has 1 N–H and O–H groups in total.